The summed E-state index contributed by atoms with van der Waals surface area (Å²) < 4.78 is 8.91. The van der Waals surface area contributed by atoms with E-state index >= 15 is 0 Å². The number of rotatable bonds is 4. The third-order valence-electron chi connectivity index (χ3n) is 8.32. The molecule has 0 radical (unpaired) electrons. The molecule has 0 aliphatic carbocycles. The van der Waals surface area contributed by atoms with Crippen LogP contribution in [0.1, 0.15) is 0 Å². The Hall–Kier alpha value is -5.45. The van der Waals surface area contributed by atoms with Gasteiger partial charge in [0.1, 0.15) is 5.58 Å². The summed E-state index contributed by atoms with van der Waals surface area (Å²) in [6.45, 7) is 0. The molecule has 3 heterocycles. The van der Waals surface area contributed by atoms with Crippen molar-refractivity contribution in [3.8, 4) is 11.1 Å². The summed E-state index contributed by atoms with van der Waals surface area (Å²) in [5.74, 6) is 0. The van der Waals surface area contributed by atoms with Crippen LogP contribution in [-0.4, -0.2) is 4.98 Å². The molecule has 202 valence electrons. The van der Waals surface area contributed by atoms with Crippen molar-refractivity contribution in [2.24, 2.45) is 0 Å². The molecule has 3 aromatic heterocycles. The molecule has 3 nitrogen and oxygen atoms in total. The van der Waals surface area contributed by atoms with Gasteiger partial charge < -0.3 is 9.32 Å². The minimum atomic E-state index is 0.647. The molecular formula is C39H24N2OS. The van der Waals surface area contributed by atoms with Gasteiger partial charge in [-0.3, -0.25) is 0 Å². The first kappa shape index (κ1) is 24.2. The van der Waals surface area contributed by atoms with Crippen molar-refractivity contribution in [2.75, 3.05) is 4.90 Å². The number of thiophene rings is 1. The second-order valence-electron chi connectivity index (χ2n) is 10.8. The predicted molar refractivity (Wildman–Crippen MR) is 182 cm³/mol. The Morgan fingerprint density at radius 2 is 1.28 bits per heavy atom. The smallest absolute Gasteiger partial charge is 0.227 e. The van der Waals surface area contributed by atoms with Crippen molar-refractivity contribution in [2.45, 2.75) is 0 Å². The molecule has 9 aromatic rings. The maximum absolute atomic E-state index is 6.36. The van der Waals surface area contributed by atoms with E-state index in [9.17, 15) is 0 Å². The topological polar surface area (TPSA) is 29.3 Å². The van der Waals surface area contributed by atoms with Gasteiger partial charge in [-0.2, -0.15) is 0 Å². The Bertz CT molecular complexity index is 2460. The number of benzene rings is 6. The predicted octanol–water partition coefficient (Wildman–Crippen LogP) is 11.6. The molecule has 0 saturated carbocycles. The number of anilines is 3. The summed E-state index contributed by atoms with van der Waals surface area (Å²) in [5, 5.41) is 6.85. The summed E-state index contributed by atoms with van der Waals surface area (Å²) in [4.78, 5) is 7.22. The standard InChI is InChI=1S/C39H24N2OS/c1-2-9-25(10-3-1)26-17-20-28(21-18-26)41(34-14-8-16-36-37(34)32-13-6-7-15-35(32)43-36)29-23-33-31-22-19-27-11-4-5-12-30(27)38(31)42-39(33)40-24-29/h1-24H. The molecule has 0 bridgehead atoms. The van der Waals surface area contributed by atoms with Gasteiger partial charge in [-0.1, -0.05) is 97.1 Å². The van der Waals surface area contributed by atoms with E-state index in [0.29, 0.717) is 5.71 Å². The van der Waals surface area contributed by atoms with E-state index in [-0.39, 0.29) is 0 Å². The summed E-state index contributed by atoms with van der Waals surface area (Å²) in [6.07, 6.45) is 1.94. The van der Waals surface area contributed by atoms with E-state index in [1.54, 1.807) is 0 Å². The molecule has 0 amide bonds. The second-order valence-corrected chi connectivity index (χ2v) is 11.9. The molecule has 4 heteroatoms. The number of furan rings is 1. The summed E-state index contributed by atoms with van der Waals surface area (Å²) >= 11 is 1.83. The van der Waals surface area contributed by atoms with Crippen molar-refractivity contribution < 1.29 is 4.42 Å². The van der Waals surface area contributed by atoms with E-state index in [1.807, 2.05) is 17.5 Å². The molecule has 0 N–H and O–H groups in total. The van der Waals surface area contributed by atoms with Crippen LogP contribution >= 0.6 is 11.3 Å². The van der Waals surface area contributed by atoms with E-state index in [2.05, 4.69) is 144 Å². The fraction of sp³-hybridized carbons (Fsp3) is 0. The fourth-order valence-corrected chi connectivity index (χ4v) is 7.43. The number of pyridine rings is 1. The zero-order valence-corrected chi connectivity index (χ0v) is 23.9. The largest absolute Gasteiger partial charge is 0.437 e. The third-order valence-corrected chi connectivity index (χ3v) is 9.45. The van der Waals surface area contributed by atoms with Gasteiger partial charge in [0.15, 0.2) is 0 Å². The highest BCUT2D eigenvalue weighted by atomic mass is 32.1. The lowest BCUT2D eigenvalue weighted by Gasteiger charge is -2.26. The molecule has 0 fully saturated rings. The maximum Gasteiger partial charge on any atom is 0.227 e. The van der Waals surface area contributed by atoms with Crippen molar-refractivity contribution in [3.05, 3.63) is 146 Å². The van der Waals surface area contributed by atoms with Gasteiger partial charge in [-0.25, -0.2) is 4.98 Å². The minimum Gasteiger partial charge on any atom is -0.437 e. The van der Waals surface area contributed by atoms with Crippen molar-refractivity contribution in [3.63, 3.8) is 0 Å². The Morgan fingerprint density at radius 1 is 0.535 bits per heavy atom. The van der Waals surface area contributed by atoms with Gasteiger partial charge in [-0.15, -0.1) is 11.3 Å². The van der Waals surface area contributed by atoms with E-state index < -0.39 is 0 Å². The highest BCUT2D eigenvalue weighted by Gasteiger charge is 2.21. The third kappa shape index (κ3) is 3.84. The molecule has 0 spiro atoms. The number of nitrogens with zero attached hydrogens (tertiary/aromatic N) is 2. The van der Waals surface area contributed by atoms with Crippen LogP contribution in [0.2, 0.25) is 0 Å². The van der Waals surface area contributed by atoms with Crippen LogP contribution in [0.25, 0.3) is 64.1 Å². The monoisotopic (exact) mass is 568 g/mol. The van der Waals surface area contributed by atoms with Crippen molar-refractivity contribution >= 4 is 81.4 Å². The second kappa shape index (κ2) is 9.55. The molecular weight excluding hydrogens is 545 g/mol. The summed E-state index contributed by atoms with van der Waals surface area (Å²) in [6, 6.07) is 49.5. The average molecular weight is 569 g/mol. The average Bonchev–Trinajstić information content (AvgIpc) is 3.64. The molecule has 0 aliphatic rings. The molecule has 0 atom stereocenters. The maximum atomic E-state index is 6.36. The summed E-state index contributed by atoms with van der Waals surface area (Å²) in [7, 11) is 0. The Labute approximate surface area is 251 Å². The van der Waals surface area contributed by atoms with E-state index in [0.717, 1.165) is 44.2 Å². The van der Waals surface area contributed by atoms with Crippen LogP contribution in [0.3, 0.4) is 0 Å². The van der Waals surface area contributed by atoms with E-state index in [4.69, 9.17) is 9.40 Å². The number of hydrogen-bond acceptors (Lipinski definition) is 4. The first-order valence-electron chi connectivity index (χ1n) is 14.4. The van der Waals surface area contributed by atoms with Gasteiger partial charge >= 0.3 is 0 Å². The fourth-order valence-electron chi connectivity index (χ4n) is 6.30. The Balaban J connectivity index is 1.29. The van der Waals surface area contributed by atoms with Gasteiger partial charge in [0.2, 0.25) is 5.71 Å². The normalized spacial score (nSPS) is 11.7. The van der Waals surface area contributed by atoms with Crippen molar-refractivity contribution in [1.82, 2.24) is 4.98 Å². The highest BCUT2D eigenvalue weighted by molar-refractivity contribution is 7.26. The van der Waals surface area contributed by atoms with Crippen molar-refractivity contribution in [1.29, 1.82) is 0 Å². The quantitative estimate of drug-likeness (QED) is 0.211. The molecule has 0 unspecified atom stereocenters. The Kier molecular flexibility index (Phi) is 5.37. The van der Waals surface area contributed by atoms with Crippen LogP contribution in [0, 0.1) is 0 Å². The van der Waals surface area contributed by atoms with E-state index in [1.165, 1.54) is 31.3 Å². The Morgan fingerprint density at radius 3 is 2.16 bits per heavy atom. The van der Waals surface area contributed by atoms with Gasteiger partial charge in [-0.05, 0) is 59.0 Å². The first-order chi connectivity index (χ1) is 21.3. The summed E-state index contributed by atoms with van der Waals surface area (Å²) in [5.41, 5.74) is 7.09. The number of aromatic nitrogens is 1. The van der Waals surface area contributed by atoms with Crippen LogP contribution in [0.4, 0.5) is 17.1 Å². The molecule has 9 rings (SSSR count). The molecule has 43 heavy (non-hydrogen) atoms. The number of fused-ring (bicyclic) bond motifs is 8. The molecule has 0 aliphatic heterocycles. The highest BCUT2D eigenvalue weighted by Crippen LogP contribution is 2.46. The van der Waals surface area contributed by atoms with Crippen LogP contribution in [0.15, 0.2) is 150 Å². The molecule has 6 aromatic carbocycles. The van der Waals surface area contributed by atoms with Gasteiger partial charge in [0, 0.05) is 36.6 Å². The number of hydrogen-bond donors (Lipinski definition) is 0. The zero-order chi connectivity index (χ0) is 28.3. The van der Waals surface area contributed by atoms with Crippen LogP contribution in [-0.2, 0) is 0 Å². The SMILES string of the molecule is c1ccc(-c2ccc(N(c3cnc4oc5c6ccccc6ccc5c4c3)c3cccc4sc5ccccc5c34)cc2)cc1. The van der Waals surface area contributed by atoms with Gasteiger partial charge in [0.05, 0.1) is 23.0 Å². The van der Waals surface area contributed by atoms with Crippen LogP contribution in [0.5, 0.6) is 0 Å². The van der Waals surface area contributed by atoms with Gasteiger partial charge in [0.25, 0.3) is 0 Å². The lowest BCUT2D eigenvalue weighted by atomic mass is 10.0. The lowest BCUT2D eigenvalue weighted by molar-refractivity contribution is 0.657. The van der Waals surface area contributed by atoms with Crippen LogP contribution < -0.4 is 4.90 Å². The lowest BCUT2D eigenvalue weighted by Crippen LogP contribution is -2.10. The zero-order valence-electron chi connectivity index (χ0n) is 23.1. The molecule has 0 saturated heterocycles. The first-order valence-corrected chi connectivity index (χ1v) is 15.2. The minimum absolute atomic E-state index is 0.647.